The van der Waals surface area contributed by atoms with Crippen molar-refractivity contribution in [3.8, 4) is 0 Å². The Labute approximate surface area is 145 Å². The number of imidazole rings is 2. The van der Waals surface area contributed by atoms with Crippen LogP contribution >= 0.6 is 0 Å². The molecule has 4 heterocycles. The first-order chi connectivity index (χ1) is 12.0. The van der Waals surface area contributed by atoms with Crippen molar-refractivity contribution in [3.63, 3.8) is 0 Å². The van der Waals surface area contributed by atoms with Gasteiger partial charge in [-0.05, 0) is 50.5 Å². The number of pyridine rings is 2. The normalized spacial score (nSPS) is 19.8. The number of hydrogen-bond donors (Lipinski definition) is 0. The lowest BCUT2D eigenvalue weighted by Gasteiger charge is -2.00. The smallest absolute Gasteiger partial charge is 0.142 e. The maximum Gasteiger partial charge on any atom is 0.142 e. The van der Waals surface area contributed by atoms with Crippen molar-refractivity contribution in [3.05, 3.63) is 70.8 Å². The minimum absolute atomic E-state index is 0.205. The molecule has 25 heavy (non-hydrogen) atoms. The van der Waals surface area contributed by atoms with Crippen LogP contribution in [0.15, 0.2) is 36.9 Å². The second-order valence-corrected chi connectivity index (χ2v) is 7.15. The lowest BCUT2D eigenvalue weighted by molar-refractivity contribution is 0.617. The van der Waals surface area contributed by atoms with Crippen molar-refractivity contribution in [2.24, 2.45) is 0 Å². The minimum Gasteiger partial charge on any atom is -0.307 e. The van der Waals surface area contributed by atoms with Gasteiger partial charge in [0.15, 0.2) is 0 Å². The van der Waals surface area contributed by atoms with Crippen LogP contribution in [0.5, 0.6) is 0 Å². The molecule has 1 aliphatic rings. The molecule has 5 heteroatoms. The van der Waals surface area contributed by atoms with Crippen LogP contribution in [0.4, 0.5) is 4.39 Å². The molecule has 4 nitrogen and oxygen atoms in total. The highest BCUT2D eigenvalue weighted by atomic mass is 19.1. The zero-order chi connectivity index (χ0) is 17.3. The molecule has 4 aromatic heterocycles. The molecule has 0 aromatic carbocycles. The van der Waals surface area contributed by atoms with Gasteiger partial charge in [-0.1, -0.05) is 0 Å². The fourth-order valence-electron chi connectivity index (χ4n) is 3.68. The number of aryl methyl sites for hydroxylation is 3. The monoisotopic (exact) mass is 334 g/mol. The van der Waals surface area contributed by atoms with E-state index in [2.05, 4.69) is 41.7 Å². The topological polar surface area (TPSA) is 34.6 Å². The maximum absolute atomic E-state index is 13.7. The molecule has 0 N–H and O–H groups in total. The van der Waals surface area contributed by atoms with Crippen LogP contribution < -0.4 is 0 Å². The van der Waals surface area contributed by atoms with Gasteiger partial charge in [-0.25, -0.2) is 14.4 Å². The van der Waals surface area contributed by atoms with Gasteiger partial charge in [-0.3, -0.25) is 0 Å². The second-order valence-electron chi connectivity index (χ2n) is 7.15. The van der Waals surface area contributed by atoms with E-state index >= 15 is 0 Å². The van der Waals surface area contributed by atoms with Crippen LogP contribution in [0.3, 0.4) is 0 Å². The lowest BCUT2D eigenvalue weighted by Crippen LogP contribution is -1.90. The summed E-state index contributed by atoms with van der Waals surface area (Å²) >= 11 is 0. The SMILES string of the molecule is Cc1ccn2cc(C3CC3c3cn4ccc(F)c(C)c4n3)nc2c1C. The predicted octanol–water partition coefficient (Wildman–Crippen LogP) is 4.32. The molecule has 0 radical (unpaired) electrons. The first-order valence-electron chi connectivity index (χ1n) is 8.61. The average molecular weight is 334 g/mol. The van der Waals surface area contributed by atoms with Gasteiger partial charge >= 0.3 is 0 Å². The molecule has 1 saturated carbocycles. The Morgan fingerprint density at radius 3 is 2.08 bits per heavy atom. The molecule has 2 atom stereocenters. The van der Waals surface area contributed by atoms with Gasteiger partial charge in [-0.15, -0.1) is 0 Å². The molecular weight excluding hydrogens is 315 g/mol. The van der Waals surface area contributed by atoms with Gasteiger partial charge in [-0.2, -0.15) is 0 Å². The molecule has 0 saturated heterocycles. The van der Waals surface area contributed by atoms with Crippen molar-refractivity contribution in [1.82, 2.24) is 18.8 Å². The van der Waals surface area contributed by atoms with Gasteiger partial charge in [0.2, 0.25) is 0 Å². The molecule has 126 valence electrons. The molecule has 5 rings (SSSR count). The van der Waals surface area contributed by atoms with Crippen LogP contribution in [0.1, 0.15) is 46.3 Å². The second kappa shape index (κ2) is 4.91. The van der Waals surface area contributed by atoms with E-state index in [-0.39, 0.29) is 5.82 Å². The highest BCUT2D eigenvalue weighted by Crippen LogP contribution is 2.54. The molecule has 2 unspecified atom stereocenters. The lowest BCUT2D eigenvalue weighted by atomic mass is 10.2. The summed E-state index contributed by atoms with van der Waals surface area (Å²) in [5.74, 6) is 0.562. The van der Waals surface area contributed by atoms with Gasteiger partial charge in [0, 0.05) is 42.2 Å². The van der Waals surface area contributed by atoms with Gasteiger partial charge in [0.1, 0.15) is 17.1 Å². The maximum atomic E-state index is 13.7. The van der Waals surface area contributed by atoms with E-state index in [1.807, 2.05) is 10.6 Å². The van der Waals surface area contributed by atoms with Crippen LogP contribution in [0.2, 0.25) is 0 Å². The molecule has 4 aromatic rings. The minimum atomic E-state index is -0.205. The Balaban J connectivity index is 1.51. The Kier molecular flexibility index (Phi) is 2.87. The Morgan fingerprint density at radius 1 is 0.880 bits per heavy atom. The van der Waals surface area contributed by atoms with E-state index < -0.39 is 0 Å². The quantitative estimate of drug-likeness (QED) is 0.547. The number of halogens is 1. The fraction of sp³-hybridized carbons (Fsp3) is 0.300. The molecule has 0 amide bonds. The average Bonchev–Trinajstić information content (AvgIpc) is 3.09. The van der Waals surface area contributed by atoms with E-state index in [9.17, 15) is 4.39 Å². The number of nitrogens with zero attached hydrogens (tertiary/aromatic N) is 4. The number of rotatable bonds is 2. The number of fused-ring (bicyclic) bond motifs is 2. The van der Waals surface area contributed by atoms with Crippen LogP contribution in [-0.4, -0.2) is 18.8 Å². The molecule has 0 aliphatic heterocycles. The van der Waals surface area contributed by atoms with E-state index in [1.165, 1.54) is 17.2 Å². The van der Waals surface area contributed by atoms with Crippen LogP contribution in [0, 0.1) is 26.6 Å². The summed E-state index contributed by atoms with van der Waals surface area (Å²) in [4.78, 5) is 9.55. The van der Waals surface area contributed by atoms with E-state index in [4.69, 9.17) is 4.98 Å². The summed E-state index contributed by atoms with van der Waals surface area (Å²) in [5.41, 5.74) is 6.99. The molecule has 0 bridgehead atoms. The largest absolute Gasteiger partial charge is 0.307 e. The van der Waals surface area contributed by atoms with Gasteiger partial charge < -0.3 is 8.80 Å². The van der Waals surface area contributed by atoms with Crippen LogP contribution in [0.25, 0.3) is 11.3 Å². The Bertz CT molecular complexity index is 1050. The standard InChI is InChI=1S/C20H19FN4/c1-11-4-6-24-9-17(22-19(24)12(11)2)14-8-15(14)18-10-25-7-5-16(21)13(3)20(25)23-18/h4-7,9-10,14-15H,8H2,1-3H3. The van der Waals surface area contributed by atoms with Crippen molar-refractivity contribution in [1.29, 1.82) is 0 Å². The number of aromatic nitrogens is 4. The van der Waals surface area contributed by atoms with Crippen molar-refractivity contribution in [2.45, 2.75) is 39.0 Å². The van der Waals surface area contributed by atoms with E-state index in [0.717, 1.165) is 23.5 Å². The summed E-state index contributed by atoms with van der Waals surface area (Å²) in [6, 6.07) is 3.61. The first kappa shape index (κ1) is 14.6. The summed E-state index contributed by atoms with van der Waals surface area (Å²) in [6.45, 7) is 6.01. The van der Waals surface area contributed by atoms with Crippen molar-refractivity contribution < 1.29 is 4.39 Å². The molecule has 0 spiro atoms. The summed E-state index contributed by atoms with van der Waals surface area (Å²) in [7, 11) is 0. The summed E-state index contributed by atoms with van der Waals surface area (Å²) in [6.07, 6.45) is 9.02. The highest BCUT2D eigenvalue weighted by Gasteiger charge is 2.43. The number of hydrogen-bond acceptors (Lipinski definition) is 2. The van der Waals surface area contributed by atoms with Gasteiger partial charge in [0.05, 0.1) is 11.4 Å². The van der Waals surface area contributed by atoms with Gasteiger partial charge in [0.25, 0.3) is 0 Å². The highest BCUT2D eigenvalue weighted by molar-refractivity contribution is 5.53. The third kappa shape index (κ3) is 2.11. The first-order valence-corrected chi connectivity index (χ1v) is 8.61. The van der Waals surface area contributed by atoms with Crippen molar-refractivity contribution in [2.75, 3.05) is 0 Å². The Morgan fingerprint density at radius 2 is 1.44 bits per heavy atom. The molecular formula is C20H19FN4. The zero-order valence-corrected chi connectivity index (χ0v) is 14.5. The summed E-state index contributed by atoms with van der Waals surface area (Å²) in [5, 5.41) is 0. The van der Waals surface area contributed by atoms with Crippen molar-refractivity contribution >= 4 is 11.3 Å². The zero-order valence-electron chi connectivity index (χ0n) is 14.5. The molecule has 1 fully saturated rings. The Hall–Kier alpha value is -2.69. The van der Waals surface area contributed by atoms with Crippen LogP contribution in [-0.2, 0) is 0 Å². The third-order valence-corrected chi connectivity index (χ3v) is 5.54. The van der Waals surface area contributed by atoms with E-state index in [0.29, 0.717) is 23.0 Å². The fourth-order valence-corrected chi connectivity index (χ4v) is 3.68. The third-order valence-electron chi connectivity index (χ3n) is 5.54. The summed E-state index contributed by atoms with van der Waals surface area (Å²) < 4.78 is 17.8. The predicted molar refractivity (Wildman–Crippen MR) is 94.7 cm³/mol. The van der Waals surface area contributed by atoms with E-state index in [1.54, 1.807) is 13.1 Å². The molecule has 1 aliphatic carbocycles.